The number of Topliss-reactive ketones (excluding diaryl/α,β-unsaturated/α-hetero) is 1. The molecule has 106 valence electrons. The van der Waals surface area contributed by atoms with Crippen LogP contribution in [0, 0.1) is 6.92 Å². The average Bonchev–Trinajstić information content (AvgIpc) is 2.85. The summed E-state index contributed by atoms with van der Waals surface area (Å²) in [6.07, 6.45) is 3.66. The highest BCUT2D eigenvalue weighted by Gasteiger charge is 2.35. The van der Waals surface area contributed by atoms with Gasteiger partial charge in [-0.05, 0) is 35.7 Å². The maximum Gasteiger partial charge on any atom is 0.228 e. The predicted octanol–water partition coefficient (Wildman–Crippen LogP) is 2.38. The van der Waals surface area contributed by atoms with Crippen LogP contribution in [0.1, 0.15) is 39.4 Å². The van der Waals surface area contributed by atoms with Crippen molar-refractivity contribution in [1.29, 1.82) is 0 Å². The zero-order chi connectivity index (χ0) is 14.8. The monoisotopic (exact) mass is 280 g/mol. The van der Waals surface area contributed by atoms with Crippen LogP contribution in [0.15, 0.2) is 42.7 Å². The normalized spacial score (nSPS) is 16.6. The highest BCUT2D eigenvalue weighted by Crippen LogP contribution is 2.35. The van der Waals surface area contributed by atoms with Gasteiger partial charge in [0.2, 0.25) is 5.91 Å². The van der Waals surface area contributed by atoms with Crippen molar-refractivity contribution in [2.24, 2.45) is 0 Å². The molecule has 0 bridgehead atoms. The lowest BCUT2D eigenvalue weighted by Gasteiger charge is -2.13. The number of fused-ring (bicyclic) bond motifs is 1. The van der Waals surface area contributed by atoms with Gasteiger partial charge < -0.3 is 5.32 Å². The van der Waals surface area contributed by atoms with Crippen LogP contribution in [0.25, 0.3) is 0 Å². The Labute approximate surface area is 123 Å². The summed E-state index contributed by atoms with van der Waals surface area (Å²) in [5.41, 5.74) is 3.57. The van der Waals surface area contributed by atoms with Crippen LogP contribution < -0.4 is 5.32 Å². The van der Waals surface area contributed by atoms with Crippen LogP contribution in [0.3, 0.4) is 0 Å². The molecule has 4 heteroatoms. The second-order valence-electron chi connectivity index (χ2n) is 5.29. The molecule has 1 aromatic carbocycles. The largest absolute Gasteiger partial charge is 0.351 e. The van der Waals surface area contributed by atoms with Crippen LogP contribution in [0.4, 0.5) is 0 Å². The molecule has 1 atom stereocenters. The molecule has 0 spiro atoms. The number of ketones is 1. The molecule has 1 aromatic heterocycles. The zero-order valence-corrected chi connectivity index (χ0v) is 11.8. The second-order valence-corrected chi connectivity index (χ2v) is 5.29. The third-order valence-corrected chi connectivity index (χ3v) is 3.90. The number of nitrogens with zero attached hydrogens (tertiary/aromatic N) is 1. The van der Waals surface area contributed by atoms with E-state index >= 15 is 0 Å². The van der Waals surface area contributed by atoms with E-state index in [4.69, 9.17) is 0 Å². The molecule has 21 heavy (non-hydrogen) atoms. The first-order valence-electron chi connectivity index (χ1n) is 6.96. The minimum atomic E-state index is -0.365. The molecule has 1 unspecified atom stereocenters. The van der Waals surface area contributed by atoms with Gasteiger partial charge in [0, 0.05) is 30.9 Å². The molecule has 0 saturated carbocycles. The van der Waals surface area contributed by atoms with Crippen molar-refractivity contribution in [3.8, 4) is 0 Å². The number of carbonyl (C=O) groups is 2. The molecule has 1 aliphatic rings. The fourth-order valence-electron chi connectivity index (χ4n) is 2.82. The van der Waals surface area contributed by atoms with E-state index in [0.717, 1.165) is 16.7 Å². The first kappa shape index (κ1) is 13.5. The highest BCUT2D eigenvalue weighted by atomic mass is 16.2. The molecule has 3 rings (SSSR count). The van der Waals surface area contributed by atoms with Gasteiger partial charge in [-0.25, -0.2) is 0 Å². The number of hydrogen-bond donors (Lipinski definition) is 1. The number of amides is 1. The summed E-state index contributed by atoms with van der Waals surface area (Å²) < 4.78 is 0. The lowest BCUT2D eigenvalue weighted by molar-refractivity contribution is -0.122. The minimum absolute atomic E-state index is 0.0535. The summed E-state index contributed by atoms with van der Waals surface area (Å²) in [5, 5.41) is 2.91. The number of benzene rings is 1. The van der Waals surface area contributed by atoms with Gasteiger partial charge in [-0.2, -0.15) is 0 Å². The minimum Gasteiger partial charge on any atom is -0.351 e. The van der Waals surface area contributed by atoms with Crippen LogP contribution in [-0.4, -0.2) is 16.7 Å². The van der Waals surface area contributed by atoms with E-state index in [-0.39, 0.29) is 24.0 Å². The lowest BCUT2D eigenvalue weighted by Crippen LogP contribution is -2.28. The number of hydrogen-bond acceptors (Lipinski definition) is 3. The van der Waals surface area contributed by atoms with Gasteiger partial charge in [0.1, 0.15) is 0 Å². The average molecular weight is 280 g/mol. The fraction of sp³-hybridized carbons (Fsp3) is 0.235. The molecular weight excluding hydrogens is 264 g/mol. The van der Waals surface area contributed by atoms with Gasteiger partial charge in [-0.3, -0.25) is 14.6 Å². The van der Waals surface area contributed by atoms with Crippen LogP contribution in [0.5, 0.6) is 0 Å². The van der Waals surface area contributed by atoms with Crippen molar-refractivity contribution in [3.63, 3.8) is 0 Å². The zero-order valence-electron chi connectivity index (χ0n) is 11.8. The summed E-state index contributed by atoms with van der Waals surface area (Å²) in [5.74, 6) is -0.401. The molecule has 1 N–H and O–H groups in total. The van der Waals surface area contributed by atoms with Crippen molar-refractivity contribution in [2.45, 2.75) is 25.8 Å². The number of nitrogens with one attached hydrogen (secondary N) is 1. The molecule has 4 nitrogen and oxygen atoms in total. The Morgan fingerprint density at radius 3 is 2.81 bits per heavy atom. The quantitative estimate of drug-likeness (QED) is 0.939. The van der Waals surface area contributed by atoms with Gasteiger partial charge in [0.25, 0.3) is 0 Å². The van der Waals surface area contributed by atoms with E-state index in [1.54, 1.807) is 18.5 Å². The Balaban J connectivity index is 1.77. The van der Waals surface area contributed by atoms with Crippen LogP contribution in [-0.2, 0) is 11.3 Å². The molecule has 2 aromatic rings. The standard InChI is InChI=1S/C17H16N2O2/c1-11-3-2-4-13-15(20)9-14(16(11)13)17(21)19-10-12-5-7-18-8-6-12/h2-8,14H,9-10H2,1H3,(H,19,21). The number of carbonyl (C=O) groups excluding carboxylic acids is 2. The smallest absolute Gasteiger partial charge is 0.228 e. The molecule has 0 radical (unpaired) electrons. The van der Waals surface area contributed by atoms with E-state index in [2.05, 4.69) is 10.3 Å². The predicted molar refractivity (Wildman–Crippen MR) is 79.0 cm³/mol. The first-order chi connectivity index (χ1) is 10.2. The molecule has 0 aliphatic heterocycles. The molecule has 1 heterocycles. The molecular formula is C17H16N2O2. The SMILES string of the molecule is Cc1cccc2c1C(C(=O)NCc1ccncc1)CC2=O. The molecule has 1 aliphatic carbocycles. The third kappa shape index (κ3) is 2.57. The van der Waals surface area contributed by atoms with E-state index in [0.29, 0.717) is 12.1 Å². The number of rotatable bonds is 3. The van der Waals surface area contributed by atoms with Crippen LogP contribution in [0.2, 0.25) is 0 Å². The lowest BCUT2D eigenvalue weighted by atomic mass is 9.96. The number of aromatic nitrogens is 1. The van der Waals surface area contributed by atoms with Gasteiger partial charge in [-0.1, -0.05) is 18.2 Å². The van der Waals surface area contributed by atoms with Crippen molar-refractivity contribution in [3.05, 3.63) is 65.0 Å². The van der Waals surface area contributed by atoms with Crippen molar-refractivity contribution >= 4 is 11.7 Å². The second kappa shape index (κ2) is 5.48. The fourth-order valence-corrected chi connectivity index (χ4v) is 2.82. The molecule has 0 saturated heterocycles. The summed E-state index contributed by atoms with van der Waals surface area (Å²) in [4.78, 5) is 28.4. The Kier molecular flexibility index (Phi) is 3.52. The van der Waals surface area contributed by atoms with E-state index in [1.807, 2.05) is 31.2 Å². The van der Waals surface area contributed by atoms with E-state index < -0.39 is 0 Å². The summed E-state index contributed by atoms with van der Waals surface area (Å²) in [6.45, 7) is 2.40. The summed E-state index contributed by atoms with van der Waals surface area (Å²) in [7, 11) is 0. The Bertz CT molecular complexity index is 695. The topological polar surface area (TPSA) is 59.1 Å². The first-order valence-corrected chi connectivity index (χ1v) is 6.96. The van der Waals surface area contributed by atoms with Crippen LogP contribution >= 0.6 is 0 Å². The Morgan fingerprint density at radius 1 is 1.29 bits per heavy atom. The van der Waals surface area contributed by atoms with Gasteiger partial charge in [0.05, 0.1) is 5.92 Å². The Hall–Kier alpha value is -2.49. The third-order valence-electron chi connectivity index (χ3n) is 3.90. The van der Waals surface area contributed by atoms with Gasteiger partial charge in [-0.15, -0.1) is 0 Å². The summed E-state index contributed by atoms with van der Waals surface area (Å²) >= 11 is 0. The Morgan fingerprint density at radius 2 is 2.05 bits per heavy atom. The number of pyridine rings is 1. The maximum absolute atomic E-state index is 12.4. The van der Waals surface area contributed by atoms with Gasteiger partial charge in [0.15, 0.2) is 5.78 Å². The van der Waals surface area contributed by atoms with E-state index in [1.165, 1.54) is 0 Å². The molecule has 0 fully saturated rings. The molecule has 1 amide bonds. The van der Waals surface area contributed by atoms with E-state index in [9.17, 15) is 9.59 Å². The van der Waals surface area contributed by atoms with Crippen molar-refractivity contribution in [1.82, 2.24) is 10.3 Å². The maximum atomic E-state index is 12.4. The van der Waals surface area contributed by atoms with Gasteiger partial charge >= 0.3 is 0 Å². The summed E-state index contributed by atoms with van der Waals surface area (Å²) in [6, 6.07) is 9.34. The number of aryl methyl sites for hydroxylation is 1. The van der Waals surface area contributed by atoms with Crippen molar-refractivity contribution < 1.29 is 9.59 Å². The van der Waals surface area contributed by atoms with Crippen molar-refractivity contribution in [2.75, 3.05) is 0 Å². The highest BCUT2D eigenvalue weighted by molar-refractivity contribution is 6.07.